The molecule has 0 bridgehead atoms. The number of hydrogen-bond acceptors (Lipinski definition) is 3. The van der Waals surface area contributed by atoms with Crippen LogP contribution in [0.1, 0.15) is 18.2 Å². The highest BCUT2D eigenvalue weighted by Crippen LogP contribution is 2.32. The van der Waals surface area contributed by atoms with Crippen molar-refractivity contribution in [1.29, 1.82) is 0 Å². The molecule has 1 atom stereocenters. The van der Waals surface area contributed by atoms with Gasteiger partial charge in [0.15, 0.2) is 0 Å². The number of pyridine rings is 1. The zero-order valence-electron chi connectivity index (χ0n) is 10.4. The first kappa shape index (κ1) is 13.1. The van der Waals surface area contributed by atoms with E-state index in [1.807, 2.05) is 11.8 Å². The molecule has 0 radical (unpaired) electrons. The third-order valence-electron chi connectivity index (χ3n) is 3.17. The van der Waals surface area contributed by atoms with Crippen LogP contribution in [0.3, 0.4) is 0 Å². The molecule has 0 aliphatic carbocycles. The van der Waals surface area contributed by atoms with Crippen molar-refractivity contribution in [2.75, 3.05) is 24.5 Å². The minimum atomic E-state index is -4.33. The molecule has 100 valence electrons. The molecule has 1 aromatic rings. The van der Waals surface area contributed by atoms with Crippen LogP contribution in [0.4, 0.5) is 19.0 Å². The highest BCUT2D eigenvalue weighted by Gasteiger charge is 2.33. The lowest BCUT2D eigenvalue weighted by Gasteiger charge is -2.35. The van der Waals surface area contributed by atoms with Gasteiger partial charge in [-0.1, -0.05) is 0 Å². The summed E-state index contributed by atoms with van der Waals surface area (Å²) in [6, 6.07) is 2.81. The fraction of sp³-hybridized carbons (Fsp3) is 0.583. The average Bonchev–Trinajstić information content (AvgIpc) is 2.27. The molecule has 0 unspecified atom stereocenters. The molecule has 18 heavy (non-hydrogen) atoms. The zero-order chi connectivity index (χ0) is 13.3. The van der Waals surface area contributed by atoms with Gasteiger partial charge in [0.2, 0.25) is 0 Å². The van der Waals surface area contributed by atoms with E-state index >= 15 is 0 Å². The van der Waals surface area contributed by atoms with Crippen molar-refractivity contribution in [3.8, 4) is 0 Å². The Morgan fingerprint density at radius 3 is 2.67 bits per heavy atom. The second-order valence-electron chi connectivity index (χ2n) is 4.55. The summed E-state index contributed by atoms with van der Waals surface area (Å²) in [5.41, 5.74) is -0.625. The van der Waals surface area contributed by atoms with Crippen molar-refractivity contribution in [1.82, 2.24) is 10.3 Å². The Hall–Kier alpha value is -1.30. The van der Waals surface area contributed by atoms with Gasteiger partial charge in [-0.25, -0.2) is 4.98 Å². The predicted molar refractivity (Wildman–Crippen MR) is 63.7 cm³/mol. The number of nitrogens with zero attached hydrogens (tertiary/aromatic N) is 2. The molecule has 1 aliphatic rings. The van der Waals surface area contributed by atoms with Crippen LogP contribution < -0.4 is 10.2 Å². The normalized spacial score (nSPS) is 21.2. The molecule has 0 aromatic carbocycles. The summed E-state index contributed by atoms with van der Waals surface area (Å²) in [5, 5.41) is 3.24. The van der Waals surface area contributed by atoms with E-state index in [0.29, 0.717) is 5.82 Å². The third kappa shape index (κ3) is 2.58. The van der Waals surface area contributed by atoms with E-state index in [1.54, 1.807) is 0 Å². The van der Waals surface area contributed by atoms with Crippen molar-refractivity contribution in [3.05, 3.63) is 23.4 Å². The van der Waals surface area contributed by atoms with Gasteiger partial charge in [0.25, 0.3) is 0 Å². The molecule has 1 N–H and O–H groups in total. The first-order valence-corrected chi connectivity index (χ1v) is 5.92. The van der Waals surface area contributed by atoms with Gasteiger partial charge in [0.1, 0.15) is 5.82 Å². The minimum absolute atomic E-state index is 0.0331. The summed E-state index contributed by atoms with van der Waals surface area (Å²) in [6.45, 7) is 5.84. The molecule has 1 aromatic heterocycles. The van der Waals surface area contributed by atoms with Crippen molar-refractivity contribution in [3.63, 3.8) is 0 Å². The largest absolute Gasteiger partial charge is 0.418 e. The molecule has 0 spiro atoms. The van der Waals surface area contributed by atoms with E-state index in [1.165, 1.54) is 13.0 Å². The maximum absolute atomic E-state index is 12.6. The monoisotopic (exact) mass is 259 g/mol. The maximum atomic E-state index is 12.6. The molecule has 1 aliphatic heterocycles. The van der Waals surface area contributed by atoms with Crippen LogP contribution in [0, 0.1) is 6.92 Å². The van der Waals surface area contributed by atoms with Gasteiger partial charge in [0.05, 0.1) is 11.3 Å². The van der Waals surface area contributed by atoms with E-state index in [4.69, 9.17) is 0 Å². The molecule has 2 rings (SSSR count). The number of halogens is 3. The number of piperazine rings is 1. The topological polar surface area (TPSA) is 28.2 Å². The summed E-state index contributed by atoms with van der Waals surface area (Å²) >= 11 is 0. The molecule has 1 fully saturated rings. The van der Waals surface area contributed by atoms with Crippen molar-refractivity contribution >= 4 is 5.82 Å². The van der Waals surface area contributed by atoms with Crippen LogP contribution in [0.15, 0.2) is 12.1 Å². The lowest BCUT2D eigenvalue weighted by atomic mass is 10.1. The molecule has 3 nitrogen and oxygen atoms in total. The second kappa shape index (κ2) is 4.76. The van der Waals surface area contributed by atoms with Crippen LogP contribution >= 0.6 is 0 Å². The van der Waals surface area contributed by atoms with Crippen molar-refractivity contribution < 1.29 is 13.2 Å². The number of nitrogens with one attached hydrogen (secondary N) is 1. The van der Waals surface area contributed by atoms with Crippen LogP contribution in [0.2, 0.25) is 0 Å². The molecule has 2 heterocycles. The number of alkyl halides is 3. The Labute approximate surface area is 104 Å². The van der Waals surface area contributed by atoms with Gasteiger partial charge < -0.3 is 10.2 Å². The lowest BCUT2D eigenvalue weighted by Crippen LogP contribution is -2.50. The van der Waals surface area contributed by atoms with Gasteiger partial charge in [-0.2, -0.15) is 13.2 Å². The van der Waals surface area contributed by atoms with Crippen molar-refractivity contribution in [2.45, 2.75) is 26.1 Å². The Morgan fingerprint density at radius 2 is 2.11 bits per heavy atom. The average molecular weight is 259 g/mol. The van der Waals surface area contributed by atoms with E-state index in [2.05, 4.69) is 10.3 Å². The molecule has 0 amide bonds. The van der Waals surface area contributed by atoms with E-state index in [9.17, 15) is 13.2 Å². The molecular formula is C12H16F3N3. The number of aryl methyl sites for hydroxylation is 1. The number of anilines is 1. The molecule has 0 saturated carbocycles. The highest BCUT2D eigenvalue weighted by molar-refractivity contribution is 5.44. The predicted octanol–water partition coefficient (Wildman–Crippen LogP) is 2.21. The number of hydrogen-bond donors (Lipinski definition) is 1. The lowest BCUT2D eigenvalue weighted by molar-refractivity contribution is -0.138. The fourth-order valence-corrected chi connectivity index (χ4v) is 2.19. The summed E-state index contributed by atoms with van der Waals surface area (Å²) in [6.07, 6.45) is -4.33. The smallest absolute Gasteiger partial charge is 0.351 e. The Balaban J connectivity index is 2.28. The third-order valence-corrected chi connectivity index (χ3v) is 3.17. The number of rotatable bonds is 1. The SMILES string of the molecule is Cc1nc(N2CCNC[C@H]2C)ccc1C(F)(F)F. The highest BCUT2D eigenvalue weighted by atomic mass is 19.4. The van der Waals surface area contributed by atoms with E-state index < -0.39 is 11.7 Å². The van der Waals surface area contributed by atoms with Crippen LogP contribution in [-0.2, 0) is 6.18 Å². The van der Waals surface area contributed by atoms with E-state index in [-0.39, 0.29) is 11.7 Å². The van der Waals surface area contributed by atoms with Gasteiger partial charge in [-0.15, -0.1) is 0 Å². The quantitative estimate of drug-likeness (QED) is 0.838. The zero-order valence-corrected chi connectivity index (χ0v) is 10.4. The first-order valence-electron chi connectivity index (χ1n) is 5.92. The van der Waals surface area contributed by atoms with Crippen LogP contribution in [-0.4, -0.2) is 30.7 Å². The van der Waals surface area contributed by atoms with Crippen LogP contribution in [0.5, 0.6) is 0 Å². The summed E-state index contributed by atoms with van der Waals surface area (Å²) in [7, 11) is 0. The van der Waals surface area contributed by atoms with Gasteiger partial charge in [-0.05, 0) is 26.0 Å². The minimum Gasteiger partial charge on any atom is -0.351 e. The second-order valence-corrected chi connectivity index (χ2v) is 4.55. The Morgan fingerprint density at radius 1 is 1.39 bits per heavy atom. The standard InChI is InChI=1S/C12H16F3N3/c1-8-7-16-5-6-18(8)11-4-3-10(9(2)17-11)12(13,14)15/h3-4,8,16H,5-7H2,1-2H3/t8-/m1/s1. The van der Waals surface area contributed by atoms with E-state index in [0.717, 1.165) is 25.7 Å². The Bertz CT molecular complexity index is 431. The van der Waals surface area contributed by atoms with Crippen LogP contribution in [0.25, 0.3) is 0 Å². The molecule has 6 heteroatoms. The van der Waals surface area contributed by atoms with Crippen molar-refractivity contribution in [2.24, 2.45) is 0 Å². The number of aromatic nitrogens is 1. The van der Waals surface area contributed by atoms with Gasteiger partial charge in [-0.3, -0.25) is 0 Å². The summed E-state index contributed by atoms with van der Waals surface area (Å²) in [5.74, 6) is 0.620. The first-order chi connectivity index (χ1) is 8.39. The molecular weight excluding hydrogens is 243 g/mol. The fourth-order valence-electron chi connectivity index (χ4n) is 2.19. The Kier molecular flexibility index (Phi) is 3.47. The summed E-state index contributed by atoms with van der Waals surface area (Å²) < 4.78 is 37.9. The summed E-state index contributed by atoms with van der Waals surface area (Å²) in [4.78, 5) is 6.12. The molecule has 1 saturated heterocycles. The van der Waals surface area contributed by atoms with Gasteiger partial charge in [0, 0.05) is 25.7 Å². The van der Waals surface area contributed by atoms with Gasteiger partial charge >= 0.3 is 6.18 Å². The maximum Gasteiger partial charge on any atom is 0.418 e.